The molecule has 1 aromatic heterocycles. The average Bonchev–Trinajstić information content (AvgIpc) is 2.64. The first-order valence-corrected chi connectivity index (χ1v) is 10.4. The van der Waals surface area contributed by atoms with E-state index in [1.807, 2.05) is 0 Å². The van der Waals surface area contributed by atoms with Crippen LogP contribution in [0.2, 0.25) is 10.0 Å². The Morgan fingerprint density at radius 1 is 1.12 bits per heavy atom. The molecule has 2 saturated heterocycles. The Kier molecular flexibility index (Phi) is 7.55. The van der Waals surface area contributed by atoms with Crippen LogP contribution in [0.5, 0.6) is 0 Å². The summed E-state index contributed by atoms with van der Waals surface area (Å²) in [5.74, 6) is 0.582. The summed E-state index contributed by atoms with van der Waals surface area (Å²) >= 11 is 12.6. The Bertz CT molecular complexity index is 560. The number of rotatable bonds is 6. The van der Waals surface area contributed by atoms with Crippen molar-refractivity contribution in [1.29, 1.82) is 0 Å². The number of piperazine rings is 1. The summed E-state index contributed by atoms with van der Waals surface area (Å²) in [7, 11) is 2.20. The van der Waals surface area contributed by atoms with Crippen LogP contribution in [0.25, 0.3) is 0 Å². The average molecular weight is 401 g/mol. The molecule has 7 heteroatoms. The molecule has 3 rings (SSSR count). The summed E-state index contributed by atoms with van der Waals surface area (Å²) in [5.41, 5.74) is 0.974. The molecule has 0 amide bonds. The number of aliphatic hydroxyl groups is 1. The van der Waals surface area contributed by atoms with Crippen molar-refractivity contribution < 1.29 is 5.11 Å². The van der Waals surface area contributed by atoms with E-state index < -0.39 is 0 Å². The number of aliphatic hydroxyl groups excluding tert-OH is 1. The smallest absolute Gasteiger partial charge is 0.0649 e. The van der Waals surface area contributed by atoms with Crippen LogP contribution in [-0.4, -0.2) is 83.8 Å². The van der Waals surface area contributed by atoms with Gasteiger partial charge in [-0.1, -0.05) is 23.2 Å². The first-order chi connectivity index (χ1) is 12.6. The lowest BCUT2D eigenvalue weighted by molar-refractivity contribution is 0.0212. The fourth-order valence-corrected chi connectivity index (χ4v) is 4.81. The van der Waals surface area contributed by atoms with Gasteiger partial charge in [0.2, 0.25) is 0 Å². The summed E-state index contributed by atoms with van der Waals surface area (Å²) in [5, 5.41) is 10.6. The van der Waals surface area contributed by atoms with Crippen molar-refractivity contribution in [2.75, 3.05) is 52.9 Å². The predicted molar refractivity (Wildman–Crippen MR) is 107 cm³/mol. The largest absolute Gasteiger partial charge is 0.396 e. The Morgan fingerprint density at radius 3 is 2.46 bits per heavy atom. The minimum Gasteiger partial charge on any atom is -0.396 e. The second kappa shape index (κ2) is 9.67. The van der Waals surface area contributed by atoms with E-state index in [1.165, 1.54) is 6.42 Å². The summed E-state index contributed by atoms with van der Waals surface area (Å²) in [6, 6.07) is 0.620. The van der Waals surface area contributed by atoms with Crippen LogP contribution in [0.1, 0.15) is 24.8 Å². The third kappa shape index (κ3) is 5.09. The van der Waals surface area contributed by atoms with Gasteiger partial charge in [-0.2, -0.15) is 0 Å². The Morgan fingerprint density at radius 2 is 1.81 bits per heavy atom. The molecule has 0 bridgehead atoms. The second-order valence-electron chi connectivity index (χ2n) is 7.64. The van der Waals surface area contributed by atoms with Gasteiger partial charge in [0.25, 0.3) is 0 Å². The van der Waals surface area contributed by atoms with Crippen molar-refractivity contribution in [3.63, 3.8) is 0 Å². The number of likely N-dealkylation sites (tertiary alicyclic amines) is 1. The minimum atomic E-state index is 0.272. The zero-order chi connectivity index (χ0) is 18.5. The molecule has 3 heterocycles. The number of nitrogens with zero attached hydrogens (tertiary/aromatic N) is 4. The van der Waals surface area contributed by atoms with Crippen molar-refractivity contribution in [2.24, 2.45) is 5.92 Å². The lowest BCUT2D eigenvalue weighted by Gasteiger charge is -2.46. The molecular weight excluding hydrogens is 371 g/mol. The summed E-state index contributed by atoms with van der Waals surface area (Å²) in [6.45, 7) is 7.73. The summed E-state index contributed by atoms with van der Waals surface area (Å²) in [6.07, 6.45) is 6.45. The standard InChI is InChI=1S/C19H30Cl2N4O/c1-23-6-8-25(9-7-23)19-4-5-24(13-15(19)3-2-10-26)14-16-17(20)11-22-12-18(16)21/h11-12,15,19,26H,2-10,13-14H2,1H3/t15-,19+/m1/s1. The van der Waals surface area contributed by atoms with Crippen LogP contribution in [0, 0.1) is 5.92 Å². The van der Waals surface area contributed by atoms with Gasteiger partial charge in [-0.05, 0) is 38.8 Å². The fraction of sp³-hybridized carbons (Fsp3) is 0.737. The van der Waals surface area contributed by atoms with Gasteiger partial charge in [0, 0.05) is 69.9 Å². The lowest BCUT2D eigenvalue weighted by atomic mass is 9.86. The first-order valence-electron chi connectivity index (χ1n) is 9.62. The van der Waals surface area contributed by atoms with E-state index in [1.54, 1.807) is 12.4 Å². The van der Waals surface area contributed by atoms with Gasteiger partial charge >= 0.3 is 0 Å². The van der Waals surface area contributed by atoms with Crippen molar-refractivity contribution >= 4 is 23.2 Å². The molecular formula is C19H30Cl2N4O. The number of piperidine rings is 1. The van der Waals surface area contributed by atoms with Gasteiger partial charge in [0.15, 0.2) is 0 Å². The van der Waals surface area contributed by atoms with Crippen LogP contribution in [0.3, 0.4) is 0 Å². The van der Waals surface area contributed by atoms with Gasteiger partial charge < -0.3 is 10.0 Å². The van der Waals surface area contributed by atoms with E-state index in [2.05, 4.69) is 26.7 Å². The number of pyridine rings is 1. The maximum absolute atomic E-state index is 9.33. The van der Waals surface area contributed by atoms with Crippen LogP contribution in [-0.2, 0) is 6.54 Å². The highest BCUT2D eigenvalue weighted by Gasteiger charge is 2.34. The van der Waals surface area contributed by atoms with Crippen molar-refractivity contribution in [3.05, 3.63) is 28.0 Å². The van der Waals surface area contributed by atoms with Gasteiger partial charge in [0.05, 0.1) is 10.0 Å². The highest BCUT2D eigenvalue weighted by molar-refractivity contribution is 6.35. The molecule has 0 saturated carbocycles. The molecule has 2 fully saturated rings. The monoisotopic (exact) mass is 400 g/mol. The predicted octanol–water partition coefficient (Wildman–Crippen LogP) is 2.60. The van der Waals surface area contributed by atoms with Crippen molar-refractivity contribution in [1.82, 2.24) is 19.7 Å². The highest BCUT2D eigenvalue weighted by Crippen LogP contribution is 2.30. The molecule has 2 atom stereocenters. The molecule has 0 aromatic carbocycles. The van der Waals surface area contributed by atoms with E-state index in [4.69, 9.17) is 23.2 Å². The number of halogens is 2. The third-order valence-electron chi connectivity index (χ3n) is 5.85. The van der Waals surface area contributed by atoms with Crippen LogP contribution in [0.4, 0.5) is 0 Å². The van der Waals surface area contributed by atoms with Crippen LogP contribution in [0.15, 0.2) is 12.4 Å². The number of hydrogen-bond donors (Lipinski definition) is 1. The number of aromatic nitrogens is 1. The van der Waals surface area contributed by atoms with E-state index in [0.29, 0.717) is 22.0 Å². The van der Waals surface area contributed by atoms with Crippen molar-refractivity contribution in [2.45, 2.75) is 31.8 Å². The highest BCUT2D eigenvalue weighted by atomic mass is 35.5. The van der Waals surface area contributed by atoms with Gasteiger partial charge in [0.1, 0.15) is 0 Å². The molecule has 2 aliphatic heterocycles. The maximum Gasteiger partial charge on any atom is 0.0649 e. The van der Waals surface area contributed by atoms with Gasteiger partial charge in [-0.15, -0.1) is 0 Å². The summed E-state index contributed by atoms with van der Waals surface area (Å²) in [4.78, 5) is 11.6. The SMILES string of the molecule is CN1CCN([C@H]2CCN(Cc3c(Cl)cncc3Cl)C[C@H]2CCCO)CC1. The fourth-order valence-electron chi connectivity index (χ4n) is 4.32. The Hall–Kier alpha value is -0.430. The van der Waals surface area contributed by atoms with E-state index in [-0.39, 0.29) is 6.61 Å². The number of hydrogen-bond acceptors (Lipinski definition) is 5. The topological polar surface area (TPSA) is 42.8 Å². The van der Waals surface area contributed by atoms with Gasteiger partial charge in [-0.3, -0.25) is 14.8 Å². The third-order valence-corrected chi connectivity index (χ3v) is 6.50. The number of likely N-dealkylation sites (N-methyl/N-ethyl adjacent to an activating group) is 1. The molecule has 1 aromatic rings. The van der Waals surface area contributed by atoms with Crippen LogP contribution < -0.4 is 0 Å². The van der Waals surface area contributed by atoms with E-state index >= 15 is 0 Å². The van der Waals surface area contributed by atoms with E-state index in [0.717, 1.165) is 64.2 Å². The quantitative estimate of drug-likeness (QED) is 0.794. The summed E-state index contributed by atoms with van der Waals surface area (Å²) < 4.78 is 0. The molecule has 0 aliphatic carbocycles. The molecule has 146 valence electrons. The molecule has 0 radical (unpaired) electrons. The molecule has 1 N–H and O–H groups in total. The van der Waals surface area contributed by atoms with Crippen LogP contribution >= 0.6 is 23.2 Å². The van der Waals surface area contributed by atoms with Crippen molar-refractivity contribution in [3.8, 4) is 0 Å². The molecule has 26 heavy (non-hydrogen) atoms. The van der Waals surface area contributed by atoms with Gasteiger partial charge in [-0.25, -0.2) is 0 Å². The Labute approximate surface area is 166 Å². The second-order valence-corrected chi connectivity index (χ2v) is 8.45. The molecule has 5 nitrogen and oxygen atoms in total. The molecule has 2 aliphatic rings. The zero-order valence-corrected chi connectivity index (χ0v) is 17.1. The molecule has 0 spiro atoms. The first kappa shape index (κ1) is 20.3. The maximum atomic E-state index is 9.33. The normalized spacial score (nSPS) is 26.3. The Balaban J connectivity index is 1.65. The zero-order valence-electron chi connectivity index (χ0n) is 15.6. The van der Waals surface area contributed by atoms with E-state index in [9.17, 15) is 5.11 Å². The molecule has 0 unspecified atom stereocenters. The minimum absolute atomic E-state index is 0.272. The lowest BCUT2D eigenvalue weighted by Crippen LogP contribution is -2.56.